The summed E-state index contributed by atoms with van der Waals surface area (Å²) in [5, 5.41) is 3.35. The molecular weight excluding hydrogens is 497 g/mol. The molecule has 0 aliphatic carbocycles. The van der Waals surface area contributed by atoms with Gasteiger partial charge >= 0.3 is 0 Å². The van der Waals surface area contributed by atoms with Crippen LogP contribution in [0.3, 0.4) is 0 Å². The average Bonchev–Trinajstić information content (AvgIpc) is 2.77. The van der Waals surface area contributed by atoms with Gasteiger partial charge in [0.25, 0.3) is 0 Å². The Morgan fingerprint density at radius 1 is 1.06 bits per heavy atom. The van der Waals surface area contributed by atoms with Crippen LogP contribution in [-0.2, 0) is 26.2 Å². The van der Waals surface area contributed by atoms with Crippen LogP contribution in [0, 0.1) is 13.8 Å². The monoisotopic (exact) mass is 527 g/mol. The molecular formula is C24H31Cl2N3O4S. The van der Waals surface area contributed by atoms with E-state index in [-0.39, 0.29) is 37.7 Å². The highest BCUT2D eigenvalue weighted by Gasteiger charge is 2.27. The number of rotatable bonds is 10. The molecule has 0 unspecified atom stereocenters. The van der Waals surface area contributed by atoms with Gasteiger partial charge in [-0.05, 0) is 56.5 Å². The van der Waals surface area contributed by atoms with Gasteiger partial charge in [-0.25, -0.2) is 8.42 Å². The van der Waals surface area contributed by atoms with Crippen molar-refractivity contribution in [2.24, 2.45) is 0 Å². The first kappa shape index (κ1) is 28.0. The van der Waals surface area contributed by atoms with E-state index >= 15 is 0 Å². The number of aryl methyl sites for hydroxylation is 1. The van der Waals surface area contributed by atoms with Crippen LogP contribution in [0.2, 0.25) is 10.0 Å². The van der Waals surface area contributed by atoms with Crippen LogP contribution >= 0.6 is 23.2 Å². The highest BCUT2D eigenvalue weighted by Crippen LogP contribution is 2.28. The van der Waals surface area contributed by atoms with Gasteiger partial charge in [-0.15, -0.1) is 0 Å². The van der Waals surface area contributed by atoms with Crippen molar-refractivity contribution in [3.05, 3.63) is 63.1 Å². The zero-order valence-electron chi connectivity index (χ0n) is 20.1. The maximum absolute atomic E-state index is 13.2. The number of halogens is 2. The van der Waals surface area contributed by atoms with Crippen LogP contribution in [0.25, 0.3) is 0 Å². The van der Waals surface area contributed by atoms with Crippen molar-refractivity contribution in [1.29, 1.82) is 0 Å². The Labute approximate surface area is 212 Å². The van der Waals surface area contributed by atoms with Gasteiger partial charge in [0.05, 0.1) is 11.9 Å². The summed E-state index contributed by atoms with van der Waals surface area (Å²) in [5.41, 5.74) is 2.98. The highest BCUT2D eigenvalue weighted by atomic mass is 35.5. The van der Waals surface area contributed by atoms with Gasteiger partial charge in [0.1, 0.15) is 6.04 Å². The molecule has 2 aromatic carbocycles. The smallest absolute Gasteiger partial charge is 0.242 e. The molecule has 0 aromatic heterocycles. The summed E-state index contributed by atoms with van der Waals surface area (Å²) < 4.78 is 26.3. The first-order valence-corrected chi connectivity index (χ1v) is 13.5. The van der Waals surface area contributed by atoms with E-state index in [1.165, 1.54) is 16.3 Å². The molecule has 1 atom stereocenters. The lowest BCUT2D eigenvalue weighted by Gasteiger charge is -2.30. The number of carbonyl (C=O) groups is 2. The third-order valence-electron chi connectivity index (χ3n) is 5.80. The second-order valence-electron chi connectivity index (χ2n) is 8.17. The number of amides is 2. The fourth-order valence-electron chi connectivity index (χ4n) is 3.63. The molecule has 2 amide bonds. The summed E-state index contributed by atoms with van der Waals surface area (Å²) in [6.45, 7) is 5.60. The predicted molar refractivity (Wildman–Crippen MR) is 138 cm³/mol. The van der Waals surface area contributed by atoms with E-state index in [1.54, 1.807) is 37.3 Å². The van der Waals surface area contributed by atoms with Gasteiger partial charge in [0.15, 0.2) is 0 Å². The Bertz CT molecular complexity index is 1130. The van der Waals surface area contributed by atoms with E-state index in [1.807, 2.05) is 19.9 Å². The zero-order chi connectivity index (χ0) is 25.6. The van der Waals surface area contributed by atoms with Crippen LogP contribution in [0.1, 0.15) is 36.5 Å². The van der Waals surface area contributed by atoms with E-state index in [0.717, 1.165) is 17.4 Å². The Kier molecular flexibility index (Phi) is 9.79. The van der Waals surface area contributed by atoms with E-state index in [4.69, 9.17) is 23.2 Å². The Hall–Kier alpha value is -2.29. The van der Waals surface area contributed by atoms with Crippen LogP contribution in [-0.4, -0.2) is 51.0 Å². The third kappa shape index (κ3) is 6.87. The number of nitrogens with one attached hydrogen (secondary N) is 1. The summed E-state index contributed by atoms with van der Waals surface area (Å²) in [5.74, 6) is -0.633. The minimum absolute atomic E-state index is 0.0420. The predicted octanol–water partition coefficient (Wildman–Crippen LogP) is 4.32. The zero-order valence-corrected chi connectivity index (χ0v) is 22.4. The molecule has 1 N–H and O–H groups in total. The molecule has 0 saturated carbocycles. The number of benzene rings is 2. The molecule has 0 spiro atoms. The molecule has 7 nitrogen and oxygen atoms in total. The van der Waals surface area contributed by atoms with Crippen LogP contribution in [0.5, 0.6) is 0 Å². The SMILES string of the molecule is CNC(=O)[C@@H](C)N(Cc1c(Cl)cccc1Cl)C(=O)CCCN(c1cccc(C)c1C)S(C)(=O)=O. The lowest BCUT2D eigenvalue weighted by Crippen LogP contribution is -2.47. The summed E-state index contributed by atoms with van der Waals surface area (Å²) in [6, 6.07) is 9.76. The summed E-state index contributed by atoms with van der Waals surface area (Å²) in [6.07, 6.45) is 1.46. The van der Waals surface area contributed by atoms with Gasteiger partial charge in [-0.1, -0.05) is 41.4 Å². The largest absolute Gasteiger partial charge is 0.357 e. The molecule has 10 heteroatoms. The summed E-state index contributed by atoms with van der Waals surface area (Å²) >= 11 is 12.6. The van der Waals surface area contributed by atoms with Crippen molar-refractivity contribution in [3.63, 3.8) is 0 Å². The molecule has 2 rings (SSSR count). The average molecular weight is 529 g/mol. The molecule has 0 aliphatic rings. The molecule has 34 heavy (non-hydrogen) atoms. The lowest BCUT2D eigenvalue weighted by atomic mass is 10.1. The maximum atomic E-state index is 13.2. The number of hydrogen-bond acceptors (Lipinski definition) is 4. The standard InChI is InChI=1S/C24H31Cl2N3O4S/c1-16-9-6-12-22(17(16)2)29(34(5,32)33)14-8-13-23(30)28(18(3)24(31)27-4)15-19-20(25)10-7-11-21(19)26/h6-7,9-12,18H,8,13-15H2,1-5H3,(H,27,31)/t18-/m1/s1. The van der Waals surface area contributed by atoms with E-state index < -0.39 is 16.1 Å². The Morgan fingerprint density at radius 3 is 2.21 bits per heavy atom. The number of hydrogen-bond donors (Lipinski definition) is 1. The van der Waals surface area contributed by atoms with Crippen LogP contribution in [0.15, 0.2) is 36.4 Å². The lowest BCUT2D eigenvalue weighted by molar-refractivity contribution is -0.140. The summed E-state index contributed by atoms with van der Waals surface area (Å²) in [4.78, 5) is 27.0. The van der Waals surface area contributed by atoms with Crippen LogP contribution < -0.4 is 9.62 Å². The number of nitrogens with zero attached hydrogens (tertiary/aromatic N) is 2. The minimum atomic E-state index is -3.56. The topological polar surface area (TPSA) is 86.8 Å². The fraction of sp³-hybridized carbons (Fsp3) is 0.417. The Balaban J connectivity index is 2.23. The van der Waals surface area contributed by atoms with Crippen molar-refractivity contribution in [3.8, 4) is 0 Å². The molecule has 0 bridgehead atoms. The maximum Gasteiger partial charge on any atom is 0.242 e. The van der Waals surface area contributed by atoms with Gasteiger partial charge in [0, 0.05) is 42.2 Å². The van der Waals surface area contributed by atoms with Crippen molar-refractivity contribution in [2.75, 3.05) is 24.2 Å². The normalized spacial score (nSPS) is 12.2. The molecule has 2 aromatic rings. The minimum Gasteiger partial charge on any atom is -0.357 e. The number of anilines is 1. The van der Waals surface area contributed by atoms with Crippen LogP contribution in [0.4, 0.5) is 5.69 Å². The first-order valence-electron chi connectivity index (χ1n) is 10.9. The molecule has 0 heterocycles. The van der Waals surface area contributed by atoms with E-state index in [9.17, 15) is 18.0 Å². The molecule has 186 valence electrons. The second kappa shape index (κ2) is 11.9. The number of carbonyl (C=O) groups excluding carboxylic acids is 2. The third-order valence-corrected chi connectivity index (χ3v) is 7.69. The molecule has 0 aliphatic heterocycles. The van der Waals surface area contributed by atoms with Gasteiger partial charge in [-0.3, -0.25) is 13.9 Å². The van der Waals surface area contributed by atoms with Crippen molar-refractivity contribution in [1.82, 2.24) is 10.2 Å². The van der Waals surface area contributed by atoms with Crippen molar-refractivity contribution >= 4 is 50.7 Å². The quantitative estimate of drug-likeness (QED) is 0.498. The van der Waals surface area contributed by atoms with Gasteiger partial charge in [0.2, 0.25) is 21.8 Å². The number of sulfonamides is 1. The van der Waals surface area contributed by atoms with Gasteiger partial charge < -0.3 is 10.2 Å². The molecule has 0 fully saturated rings. The number of likely N-dealkylation sites (N-methyl/N-ethyl adjacent to an activating group) is 1. The van der Waals surface area contributed by atoms with E-state index in [0.29, 0.717) is 21.3 Å². The van der Waals surface area contributed by atoms with E-state index in [2.05, 4.69) is 5.32 Å². The van der Waals surface area contributed by atoms with Crippen molar-refractivity contribution in [2.45, 2.75) is 46.2 Å². The Morgan fingerprint density at radius 2 is 1.65 bits per heavy atom. The highest BCUT2D eigenvalue weighted by molar-refractivity contribution is 7.92. The second-order valence-corrected chi connectivity index (χ2v) is 10.9. The molecule has 0 radical (unpaired) electrons. The van der Waals surface area contributed by atoms with Gasteiger partial charge in [-0.2, -0.15) is 0 Å². The first-order chi connectivity index (χ1) is 15.9. The summed E-state index contributed by atoms with van der Waals surface area (Å²) in [7, 11) is -2.06. The molecule has 0 saturated heterocycles. The fourth-order valence-corrected chi connectivity index (χ4v) is 5.17. The van der Waals surface area contributed by atoms with Crippen molar-refractivity contribution < 1.29 is 18.0 Å².